The molecule has 0 aliphatic carbocycles. The maximum atomic E-state index is 12.4. The minimum absolute atomic E-state index is 0.379. The predicted molar refractivity (Wildman–Crippen MR) is 152 cm³/mol. The molecule has 0 unspecified atom stereocenters. The molecular formula is C32H25N3O4. The van der Waals surface area contributed by atoms with Crippen LogP contribution in [-0.4, -0.2) is 18.0 Å². The van der Waals surface area contributed by atoms with Crippen LogP contribution in [0.4, 0.5) is 5.69 Å². The smallest absolute Gasteiger partial charge is 0.329 e. The molecule has 0 fully saturated rings. The third-order valence-electron chi connectivity index (χ3n) is 5.82. The van der Waals surface area contributed by atoms with Gasteiger partial charge in [0.1, 0.15) is 23.9 Å². The Labute approximate surface area is 225 Å². The van der Waals surface area contributed by atoms with Gasteiger partial charge < -0.3 is 14.8 Å². The first-order chi connectivity index (χ1) is 19.2. The largest absolute Gasteiger partial charge is 0.488 e. The molecule has 0 radical (unpaired) electrons. The van der Waals surface area contributed by atoms with Gasteiger partial charge in [-0.2, -0.15) is 5.10 Å². The Hall–Kier alpha value is -5.43. The van der Waals surface area contributed by atoms with Crippen molar-refractivity contribution in [2.24, 2.45) is 5.10 Å². The predicted octanol–water partition coefficient (Wildman–Crippen LogP) is 6.30. The summed E-state index contributed by atoms with van der Waals surface area (Å²) in [4.78, 5) is 24.8. The Morgan fingerprint density at radius 3 is 2.13 bits per heavy atom. The van der Waals surface area contributed by atoms with Crippen LogP contribution in [0.15, 0.2) is 126 Å². The van der Waals surface area contributed by atoms with Crippen LogP contribution in [0.2, 0.25) is 0 Å². The van der Waals surface area contributed by atoms with Crippen LogP contribution in [0.1, 0.15) is 11.1 Å². The van der Waals surface area contributed by atoms with E-state index >= 15 is 0 Å². The summed E-state index contributed by atoms with van der Waals surface area (Å²) in [6.07, 6.45) is 1.49. The highest BCUT2D eigenvalue weighted by Crippen LogP contribution is 2.27. The SMILES string of the molecule is O=C(N/N=C\c1c(OCc2ccccc2)ccc2ccccc12)C(=O)Nc1ccc(Oc2ccccc2)cc1. The molecule has 192 valence electrons. The van der Waals surface area contributed by atoms with Crippen LogP contribution in [0, 0.1) is 0 Å². The van der Waals surface area contributed by atoms with Gasteiger partial charge in [0.25, 0.3) is 0 Å². The molecule has 0 heterocycles. The van der Waals surface area contributed by atoms with E-state index in [2.05, 4.69) is 15.8 Å². The zero-order chi connectivity index (χ0) is 26.9. The Balaban J connectivity index is 1.23. The number of carbonyl (C=O) groups is 2. The summed E-state index contributed by atoms with van der Waals surface area (Å²) in [6, 6.07) is 37.5. The van der Waals surface area contributed by atoms with E-state index in [-0.39, 0.29) is 0 Å². The van der Waals surface area contributed by atoms with Gasteiger partial charge >= 0.3 is 11.8 Å². The molecule has 5 rings (SSSR count). The van der Waals surface area contributed by atoms with Crippen LogP contribution < -0.4 is 20.2 Å². The number of ether oxygens (including phenoxy) is 2. The minimum Gasteiger partial charge on any atom is -0.488 e. The zero-order valence-electron chi connectivity index (χ0n) is 20.9. The number of fused-ring (bicyclic) bond motifs is 1. The van der Waals surface area contributed by atoms with Gasteiger partial charge in [0.2, 0.25) is 0 Å². The van der Waals surface area contributed by atoms with Gasteiger partial charge in [-0.1, -0.05) is 78.9 Å². The minimum atomic E-state index is -0.900. The average Bonchev–Trinajstić information content (AvgIpc) is 2.98. The van der Waals surface area contributed by atoms with E-state index in [0.717, 1.165) is 16.3 Å². The average molecular weight is 516 g/mol. The highest BCUT2D eigenvalue weighted by atomic mass is 16.5. The van der Waals surface area contributed by atoms with Crippen molar-refractivity contribution in [2.45, 2.75) is 6.61 Å². The number of benzene rings is 5. The summed E-state index contributed by atoms with van der Waals surface area (Å²) in [7, 11) is 0. The molecule has 0 aliphatic heterocycles. The van der Waals surface area contributed by atoms with Crippen molar-refractivity contribution in [1.82, 2.24) is 5.43 Å². The number of hydrogen-bond acceptors (Lipinski definition) is 5. The number of nitrogens with one attached hydrogen (secondary N) is 2. The van der Waals surface area contributed by atoms with E-state index in [1.165, 1.54) is 6.21 Å². The van der Waals surface area contributed by atoms with Gasteiger partial charge in [-0.3, -0.25) is 9.59 Å². The van der Waals surface area contributed by atoms with Crippen LogP contribution in [0.25, 0.3) is 10.8 Å². The zero-order valence-corrected chi connectivity index (χ0v) is 20.9. The molecule has 2 N–H and O–H groups in total. The normalized spacial score (nSPS) is 10.8. The van der Waals surface area contributed by atoms with Crippen molar-refractivity contribution in [3.8, 4) is 17.2 Å². The molecule has 0 saturated heterocycles. The number of anilines is 1. The van der Waals surface area contributed by atoms with Crippen molar-refractivity contribution in [1.29, 1.82) is 0 Å². The summed E-state index contributed by atoms with van der Waals surface area (Å²) in [5.41, 5.74) is 4.47. The number of nitrogens with zero attached hydrogens (tertiary/aromatic N) is 1. The van der Waals surface area contributed by atoms with Crippen molar-refractivity contribution in [3.05, 3.63) is 132 Å². The Morgan fingerprint density at radius 2 is 1.36 bits per heavy atom. The second-order valence-corrected chi connectivity index (χ2v) is 8.57. The maximum absolute atomic E-state index is 12.4. The van der Waals surface area contributed by atoms with Gasteiger partial charge in [-0.15, -0.1) is 0 Å². The third-order valence-corrected chi connectivity index (χ3v) is 5.82. The lowest BCUT2D eigenvalue weighted by Gasteiger charge is -2.12. The first kappa shape index (κ1) is 25.2. The molecule has 0 bridgehead atoms. The molecule has 0 saturated carbocycles. The van der Waals surface area contributed by atoms with Gasteiger partial charge in [0, 0.05) is 11.3 Å². The standard InChI is InChI=1S/C32H25N3O4/c36-31(34-25-16-18-27(19-17-25)39-26-12-5-2-6-13-26)32(37)35-33-21-29-28-14-8-7-11-24(28)15-20-30(29)38-22-23-9-3-1-4-10-23/h1-21H,22H2,(H,34,36)(H,35,37)/b33-21-. The number of amides is 2. The van der Waals surface area contributed by atoms with E-state index in [1.807, 2.05) is 97.1 Å². The lowest BCUT2D eigenvalue weighted by atomic mass is 10.0. The molecule has 0 aliphatic rings. The lowest BCUT2D eigenvalue weighted by Crippen LogP contribution is -2.32. The number of rotatable bonds is 8. The first-order valence-electron chi connectivity index (χ1n) is 12.3. The summed E-state index contributed by atoms with van der Waals surface area (Å²) < 4.78 is 11.8. The van der Waals surface area contributed by atoms with Gasteiger partial charge in [0.15, 0.2) is 0 Å². The first-order valence-corrected chi connectivity index (χ1v) is 12.3. The summed E-state index contributed by atoms with van der Waals surface area (Å²) in [5.74, 6) is 0.169. The highest BCUT2D eigenvalue weighted by molar-refractivity contribution is 6.39. The maximum Gasteiger partial charge on any atom is 0.329 e. The monoisotopic (exact) mass is 515 g/mol. The lowest BCUT2D eigenvalue weighted by molar-refractivity contribution is -0.136. The number of hydrazone groups is 1. The number of carbonyl (C=O) groups excluding carboxylic acids is 2. The second kappa shape index (κ2) is 12.2. The van der Waals surface area contributed by atoms with Gasteiger partial charge in [-0.25, -0.2) is 5.43 Å². The van der Waals surface area contributed by atoms with E-state index < -0.39 is 11.8 Å². The van der Waals surface area contributed by atoms with E-state index in [4.69, 9.17) is 9.47 Å². The molecule has 39 heavy (non-hydrogen) atoms. The molecule has 5 aromatic carbocycles. The van der Waals surface area contributed by atoms with Gasteiger partial charge in [-0.05, 0) is 58.8 Å². The van der Waals surface area contributed by atoms with E-state index in [9.17, 15) is 9.59 Å². The number of para-hydroxylation sites is 1. The van der Waals surface area contributed by atoms with Crippen LogP contribution >= 0.6 is 0 Å². The van der Waals surface area contributed by atoms with Crippen LogP contribution in [0.5, 0.6) is 17.2 Å². The second-order valence-electron chi connectivity index (χ2n) is 8.57. The Morgan fingerprint density at radius 1 is 0.692 bits per heavy atom. The quantitative estimate of drug-likeness (QED) is 0.144. The molecular weight excluding hydrogens is 490 g/mol. The molecule has 0 atom stereocenters. The fourth-order valence-corrected chi connectivity index (χ4v) is 3.89. The molecule has 0 spiro atoms. The molecule has 2 amide bonds. The van der Waals surface area contributed by atoms with Crippen molar-refractivity contribution < 1.29 is 19.1 Å². The molecule has 5 aromatic rings. The van der Waals surface area contributed by atoms with Crippen LogP contribution in [0.3, 0.4) is 0 Å². The molecule has 7 heteroatoms. The van der Waals surface area contributed by atoms with E-state index in [0.29, 0.717) is 35.1 Å². The Kier molecular flexibility index (Phi) is 7.90. The topological polar surface area (TPSA) is 89.0 Å². The number of hydrogen-bond donors (Lipinski definition) is 2. The van der Waals surface area contributed by atoms with Crippen molar-refractivity contribution in [2.75, 3.05) is 5.32 Å². The van der Waals surface area contributed by atoms with E-state index in [1.54, 1.807) is 24.3 Å². The molecule has 7 nitrogen and oxygen atoms in total. The summed E-state index contributed by atoms with van der Waals surface area (Å²) in [6.45, 7) is 0.379. The summed E-state index contributed by atoms with van der Waals surface area (Å²) >= 11 is 0. The fraction of sp³-hybridized carbons (Fsp3) is 0.0312. The van der Waals surface area contributed by atoms with Crippen LogP contribution in [-0.2, 0) is 16.2 Å². The fourth-order valence-electron chi connectivity index (χ4n) is 3.89. The summed E-state index contributed by atoms with van der Waals surface area (Å²) in [5, 5.41) is 8.50. The van der Waals surface area contributed by atoms with Crippen molar-refractivity contribution >= 4 is 34.5 Å². The third kappa shape index (κ3) is 6.67. The van der Waals surface area contributed by atoms with Crippen molar-refractivity contribution in [3.63, 3.8) is 0 Å². The highest BCUT2D eigenvalue weighted by Gasteiger charge is 2.14. The van der Waals surface area contributed by atoms with Gasteiger partial charge in [0.05, 0.1) is 6.21 Å². The Bertz CT molecular complexity index is 1600. The molecule has 0 aromatic heterocycles.